The Hall–Kier alpha value is -7.02. The van der Waals surface area contributed by atoms with Gasteiger partial charge in [0.05, 0.1) is 16.6 Å². The number of nitrogens with zero attached hydrogens (tertiary/aromatic N) is 3. The van der Waals surface area contributed by atoms with Crippen LogP contribution in [0, 0.1) is 13.8 Å². The Morgan fingerprint density at radius 2 is 1.31 bits per heavy atom. The van der Waals surface area contributed by atoms with E-state index in [0.717, 1.165) is 50.0 Å². The normalized spacial score (nSPS) is 13.9. The molecule has 2 aliphatic rings. The Balaban J connectivity index is 1.28. The van der Waals surface area contributed by atoms with E-state index in [1.165, 1.54) is 81.2 Å². The highest BCUT2D eigenvalue weighted by Crippen LogP contribution is 2.49. The molecule has 10 aromatic rings. The van der Waals surface area contributed by atoms with Crippen LogP contribution in [0.5, 0.6) is 0 Å². The second-order valence-electron chi connectivity index (χ2n) is 20.6. The maximum atomic E-state index is 6.69. The third-order valence-corrected chi connectivity index (χ3v) is 15.6. The van der Waals surface area contributed by atoms with Crippen LogP contribution >= 0.6 is 11.3 Å². The minimum atomic E-state index is -0.156. The van der Waals surface area contributed by atoms with Crippen molar-refractivity contribution in [2.24, 2.45) is 0 Å². The Kier molecular flexibility index (Phi) is 9.11. The first-order chi connectivity index (χ1) is 32.3. The highest BCUT2D eigenvalue weighted by Gasteiger charge is 2.44. The number of aromatic nitrogens is 1. The molecule has 12 rings (SSSR count). The molecule has 0 fully saturated rings. The monoisotopic (exact) mass is 887 g/mol. The molecule has 0 saturated carbocycles. The second-order valence-corrected chi connectivity index (χ2v) is 21.7. The van der Waals surface area contributed by atoms with Gasteiger partial charge in [-0.2, -0.15) is 0 Å². The molecule has 2 aliphatic heterocycles. The van der Waals surface area contributed by atoms with E-state index in [-0.39, 0.29) is 17.5 Å². The Morgan fingerprint density at radius 3 is 2.00 bits per heavy atom. The smallest absolute Gasteiger partial charge is 0.252 e. The number of thiophene rings is 1. The van der Waals surface area contributed by atoms with E-state index in [4.69, 9.17) is 4.42 Å². The summed E-state index contributed by atoms with van der Waals surface area (Å²) in [5.74, 6) is 0. The molecule has 0 bridgehead atoms. The average Bonchev–Trinajstić information content (AvgIpc) is 3.97. The summed E-state index contributed by atoms with van der Waals surface area (Å²) >= 11 is 1.92. The van der Waals surface area contributed by atoms with Crippen molar-refractivity contribution in [2.45, 2.75) is 73.1 Å². The number of fused-ring (bicyclic) bond motifs is 10. The number of allylic oxidation sites excluding steroid dienone is 1. The van der Waals surface area contributed by atoms with Crippen LogP contribution in [0.3, 0.4) is 0 Å². The number of rotatable bonds is 5. The molecule has 7 aromatic carbocycles. The maximum absolute atomic E-state index is 6.69. The van der Waals surface area contributed by atoms with E-state index in [2.05, 4.69) is 229 Å². The van der Waals surface area contributed by atoms with E-state index >= 15 is 0 Å². The van der Waals surface area contributed by atoms with Crippen LogP contribution in [0.25, 0.3) is 60.0 Å². The first-order valence-electron chi connectivity index (χ1n) is 23.6. The summed E-state index contributed by atoms with van der Waals surface area (Å²) < 4.78 is 10.7. The zero-order valence-corrected chi connectivity index (χ0v) is 40.7. The molecule has 3 aromatic heterocycles. The summed E-state index contributed by atoms with van der Waals surface area (Å²) in [5.41, 5.74) is 19.9. The number of para-hydroxylation sites is 2. The van der Waals surface area contributed by atoms with Gasteiger partial charge in [-0.3, -0.25) is 0 Å². The minimum Gasteiger partial charge on any atom is -0.456 e. The third-order valence-electron chi connectivity index (χ3n) is 14.4. The van der Waals surface area contributed by atoms with E-state index in [1.807, 2.05) is 17.4 Å². The summed E-state index contributed by atoms with van der Waals surface area (Å²) in [6.45, 7) is 24.8. The lowest BCUT2D eigenvalue weighted by atomic mass is 9.33. The fraction of sp³-hybridized carbons (Fsp3) is 0.180. The molecule has 67 heavy (non-hydrogen) atoms. The molecule has 0 unspecified atom stereocenters. The van der Waals surface area contributed by atoms with Gasteiger partial charge in [-0.05, 0) is 137 Å². The summed E-state index contributed by atoms with van der Waals surface area (Å²) in [4.78, 5) is 6.34. The molecule has 0 radical (unpaired) electrons. The molecule has 6 heteroatoms. The van der Waals surface area contributed by atoms with Crippen LogP contribution in [-0.4, -0.2) is 11.3 Å². The van der Waals surface area contributed by atoms with Crippen LogP contribution < -0.4 is 36.8 Å². The number of benzene rings is 7. The number of aryl methyl sites for hydroxylation is 2. The highest BCUT2D eigenvalue weighted by molar-refractivity contribution is 7.26. The molecule has 0 aliphatic carbocycles. The Morgan fingerprint density at radius 1 is 0.642 bits per heavy atom. The summed E-state index contributed by atoms with van der Waals surface area (Å²) in [6, 6.07) is 50.4. The van der Waals surface area contributed by atoms with Crippen LogP contribution in [-0.2, 0) is 10.8 Å². The predicted octanol–water partition coefficient (Wildman–Crippen LogP) is 13.8. The molecule has 5 heterocycles. The summed E-state index contributed by atoms with van der Waals surface area (Å²) in [7, 11) is 0. The van der Waals surface area contributed by atoms with Crippen molar-refractivity contribution >= 4 is 123 Å². The van der Waals surface area contributed by atoms with Crippen molar-refractivity contribution in [3.8, 4) is 5.69 Å². The topological polar surface area (TPSA) is 24.6 Å². The van der Waals surface area contributed by atoms with Crippen molar-refractivity contribution in [1.29, 1.82) is 0 Å². The Bertz CT molecular complexity index is 3820. The van der Waals surface area contributed by atoms with Gasteiger partial charge in [0.25, 0.3) is 6.71 Å². The van der Waals surface area contributed by atoms with Crippen molar-refractivity contribution in [1.82, 2.24) is 4.57 Å². The van der Waals surface area contributed by atoms with E-state index in [0.29, 0.717) is 0 Å². The fourth-order valence-corrected chi connectivity index (χ4v) is 12.4. The van der Waals surface area contributed by atoms with E-state index < -0.39 is 0 Å². The van der Waals surface area contributed by atoms with Crippen molar-refractivity contribution in [3.63, 3.8) is 0 Å². The fourth-order valence-electron chi connectivity index (χ4n) is 11.1. The van der Waals surface area contributed by atoms with Gasteiger partial charge < -0.3 is 18.8 Å². The first-order valence-corrected chi connectivity index (χ1v) is 24.4. The molecular weight excluding hydrogens is 834 g/mol. The number of hydrogen-bond acceptors (Lipinski definition) is 4. The van der Waals surface area contributed by atoms with Gasteiger partial charge in [-0.25, -0.2) is 0 Å². The summed E-state index contributed by atoms with van der Waals surface area (Å²) in [6.07, 6.45) is 6.06. The van der Waals surface area contributed by atoms with Crippen molar-refractivity contribution < 1.29 is 4.42 Å². The molecule has 0 N–H and O–H groups in total. The van der Waals surface area contributed by atoms with Gasteiger partial charge in [-0.15, -0.1) is 11.3 Å². The van der Waals surface area contributed by atoms with Gasteiger partial charge in [0.1, 0.15) is 15.8 Å². The van der Waals surface area contributed by atoms with Gasteiger partial charge in [0.15, 0.2) is 0 Å². The highest BCUT2D eigenvalue weighted by atomic mass is 32.1. The zero-order chi connectivity index (χ0) is 46.3. The van der Waals surface area contributed by atoms with E-state index in [1.54, 1.807) is 0 Å². The lowest BCUT2D eigenvalue weighted by Gasteiger charge is -2.42. The molecule has 4 nitrogen and oxygen atoms in total. The number of anilines is 6. The summed E-state index contributed by atoms with van der Waals surface area (Å²) in [5, 5.41) is 6.11. The standard InChI is InChI=1S/C61H54BN3OS/c1-11-20-41-52(12-2)66-53-27-19-26-48(56(41)53)64-49-35-40(63(46-24-16-13-21-36(46)3)47-25-17-14-22-37(47)4)29-30-44(49)62-45-32-38(60(5,6)7)31-43-55-42-23-15-18-28-54(42)67-59(55)65(58(43)45)51-34-39(61(8,9)10)33-50(64)57(51)62/h11-35H,1H2,2-10H3/b41-20+,52-12+. The van der Waals surface area contributed by atoms with Crippen LogP contribution in [0.2, 0.25) is 0 Å². The lowest BCUT2D eigenvalue weighted by molar-refractivity contribution is 0.575. The van der Waals surface area contributed by atoms with E-state index in [9.17, 15) is 0 Å². The van der Waals surface area contributed by atoms with Crippen LogP contribution in [0.4, 0.5) is 34.1 Å². The number of furan rings is 1. The Labute approximate surface area is 397 Å². The predicted molar refractivity (Wildman–Crippen MR) is 291 cm³/mol. The SMILES string of the molecule is C=C/C=c1\c(=C/C)oc2cccc(N3c4cc(N(c5ccccc5C)c5ccccc5C)ccc4B4c5c3cc(C(C)(C)C)cc5-n3c5sc6ccccc6c5c5cc(C(C)(C)C)cc4c53)c12. The molecule has 0 spiro atoms. The maximum Gasteiger partial charge on any atom is 0.252 e. The van der Waals surface area contributed by atoms with Crippen molar-refractivity contribution in [2.75, 3.05) is 9.80 Å². The van der Waals surface area contributed by atoms with Crippen LogP contribution in [0.15, 0.2) is 151 Å². The molecule has 0 atom stereocenters. The van der Waals surface area contributed by atoms with Crippen molar-refractivity contribution in [3.05, 3.63) is 179 Å². The van der Waals surface area contributed by atoms with Gasteiger partial charge >= 0.3 is 0 Å². The van der Waals surface area contributed by atoms with Crippen LogP contribution in [0.1, 0.15) is 70.7 Å². The van der Waals surface area contributed by atoms with Gasteiger partial charge in [0, 0.05) is 60.2 Å². The third kappa shape index (κ3) is 6.05. The van der Waals surface area contributed by atoms with Gasteiger partial charge in [0.2, 0.25) is 0 Å². The minimum absolute atomic E-state index is 0.0421. The molecule has 0 saturated heterocycles. The number of hydrogen-bond donors (Lipinski definition) is 0. The first kappa shape index (κ1) is 41.4. The molecular formula is C61H54BN3OS. The second kappa shape index (κ2) is 14.7. The zero-order valence-electron chi connectivity index (χ0n) is 39.9. The van der Waals surface area contributed by atoms with Gasteiger partial charge in [-0.1, -0.05) is 133 Å². The molecule has 0 amide bonds. The molecule has 328 valence electrons. The lowest BCUT2D eigenvalue weighted by Crippen LogP contribution is -2.60. The largest absolute Gasteiger partial charge is 0.456 e. The quantitative estimate of drug-likeness (QED) is 0.161. The average molecular weight is 888 g/mol.